The molecule has 2 saturated carbocycles. The van der Waals surface area contributed by atoms with Crippen LogP contribution in [0.5, 0.6) is 0 Å². The molecular formula is C53H61NO17. The lowest BCUT2D eigenvalue weighted by Crippen LogP contribution is -2.82. The highest BCUT2D eigenvalue weighted by Crippen LogP contribution is 2.65. The number of nitrogens with one attached hydrogen (secondary N) is 1. The molecule has 18 heteroatoms. The predicted octanol–water partition coefficient (Wildman–Crippen LogP) is 3.47. The van der Waals surface area contributed by atoms with Crippen molar-refractivity contribution in [2.24, 2.45) is 22.7 Å². The minimum atomic E-state index is -2.47. The van der Waals surface area contributed by atoms with Gasteiger partial charge in [0, 0.05) is 43.6 Å². The van der Waals surface area contributed by atoms with Crippen LogP contribution >= 0.6 is 0 Å². The molecule has 0 radical (unpaired) electrons. The molecule has 2 heterocycles. The number of hydrogen-bond acceptors (Lipinski definition) is 17. The molecule has 1 amide bonds. The largest absolute Gasteiger partial charge is 0.456 e. The highest BCUT2D eigenvalue weighted by atomic mass is 16.7. The number of ketones is 1. The molecule has 5 aliphatic rings. The van der Waals surface area contributed by atoms with Crippen LogP contribution < -0.4 is 5.32 Å². The number of esters is 4. The zero-order valence-electron chi connectivity index (χ0n) is 40.5. The summed E-state index contributed by atoms with van der Waals surface area (Å²) in [5.41, 5.74) is -7.43. The molecular weight excluding hydrogens is 923 g/mol. The van der Waals surface area contributed by atoms with Crippen LogP contribution in [0.25, 0.3) is 0 Å². The van der Waals surface area contributed by atoms with E-state index in [2.05, 4.69) is 5.32 Å². The summed E-state index contributed by atoms with van der Waals surface area (Å²) < 4.78 is 43.6. The molecule has 8 rings (SSSR count). The van der Waals surface area contributed by atoms with Gasteiger partial charge in [-0.15, -0.1) is 0 Å². The van der Waals surface area contributed by atoms with Crippen molar-refractivity contribution >= 4 is 35.6 Å². The van der Waals surface area contributed by atoms with E-state index in [0.29, 0.717) is 5.56 Å². The lowest BCUT2D eigenvalue weighted by atomic mass is 9.44. The molecule has 3 aromatic rings. The Balaban J connectivity index is 1.30. The van der Waals surface area contributed by atoms with Gasteiger partial charge < -0.3 is 58.9 Å². The van der Waals surface area contributed by atoms with Crippen molar-refractivity contribution in [1.29, 1.82) is 0 Å². The maximum atomic E-state index is 16.3. The number of carbonyl (C=O) groups is 6. The Labute approximate surface area is 410 Å². The second-order valence-corrected chi connectivity index (χ2v) is 20.1. The van der Waals surface area contributed by atoms with E-state index in [1.807, 2.05) is 0 Å². The normalized spacial score (nSPS) is 34.8. The zero-order valence-corrected chi connectivity index (χ0v) is 40.5. The molecule has 5 N–H and O–H groups in total. The Bertz CT molecular complexity index is 2550. The number of hydrogen-bond donors (Lipinski definition) is 5. The number of fused-ring (bicyclic) bond motifs is 5. The molecule has 2 saturated heterocycles. The Morgan fingerprint density at radius 1 is 0.817 bits per heavy atom. The van der Waals surface area contributed by atoms with Crippen molar-refractivity contribution in [3.05, 3.63) is 119 Å². The third-order valence-electron chi connectivity index (χ3n) is 15.6. The fourth-order valence-electron chi connectivity index (χ4n) is 11.6. The van der Waals surface area contributed by atoms with E-state index in [4.69, 9.17) is 33.2 Å². The van der Waals surface area contributed by atoms with E-state index in [1.165, 1.54) is 26.0 Å². The molecule has 0 spiro atoms. The van der Waals surface area contributed by atoms with Gasteiger partial charge in [-0.1, -0.05) is 87.5 Å². The summed E-state index contributed by atoms with van der Waals surface area (Å²) in [6.07, 6.45) is -14.6. The summed E-state index contributed by atoms with van der Waals surface area (Å²) in [4.78, 5) is 85.7. The number of Topliss-reactive ketones (excluding diaryl/α,β-unsaturated/α-hetero) is 1. The lowest BCUT2D eigenvalue weighted by molar-refractivity contribution is -0.364. The Morgan fingerprint density at radius 2 is 1.42 bits per heavy atom. The van der Waals surface area contributed by atoms with Crippen LogP contribution in [0.4, 0.5) is 0 Å². The first-order valence-corrected chi connectivity index (χ1v) is 23.7. The van der Waals surface area contributed by atoms with Crippen LogP contribution in [0.1, 0.15) is 93.6 Å². The second-order valence-electron chi connectivity index (χ2n) is 20.1. The van der Waals surface area contributed by atoms with Crippen molar-refractivity contribution in [2.75, 3.05) is 13.2 Å². The monoisotopic (exact) mass is 983 g/mol. The molecule has 2 aliphatic heterocycles. The van der Waals surface area contributed by atoms with Crippen LogP contribution in [0.2, 0.25) is 0 Å². The van der Waals surface area contributed by atoms with E-state index in [-0.39, 0.29) is 41.9 Å². The molecule has 18 nitrogen and oxygen atoms in total. The average Bonchev–Trinajstić information content (AvgIpc) is 3.34. The molecule has 3 aromatic carbocycles. The smallest absolute Gasteiger partial charge is 0.338 e. The quantitative estimate of drug-likeness (QED) is 0.0989. The Morgan fingerprint density at radius 3 is 2.00 bits per heavy atom. The van der Waals surface area contributed by atoms with E-state index in [1.54, 1.807) is 99.6 Å². The Hall–Kier alpha value is -5.86. The van der Waals surface area contributed by atoms with Crippen molar-refractivity contribution < 1.29 is 82.4 Å². The van der Waals surface area contributed by atoms with Gasteiger partial charge >= 0.3 is 23.9 Å². The van der Waals surface area contributed by atoms with Gasteiger partial charge in [0.1, 0.15) is 30.0 Å². The lowest BCUT2D eigenvalue weighted by Gasteiger charge is -2.68. The third-order valence-corrected chi connectivity index (χ3v) is 15.6. The molecule has 380 valence electrons. The second kappa shape index (κ2) is 19.6. The summed E-state index contributed by atoms with van der Waals surface area (Å²) in [6.45, 7) is 9.32. The summed E-state index contributed by atoms with van der Waals surface area (Å²) in [5.74, 6) is -7.80. The number of carbonyl (C=O) groups excluding carboxylic acids is 6. The van der Waals surface area contributed by atoms with Crippen LogP contribution in [0.15, 0.2) is 102 Å². The molecule has 3 aliphatic carbocycles. The zero-order chi connectivity index (χ0) is 51.4. The molecule has 71 heavy (non-hydrogen) atoms. The maximum absolute atomic E-state index is 16.3. The first kappa shape index (κ1) is 51.5. The van der Waals surface area contributed by atoms with Gasteiger partial charge in [0.05, 0.1) is 48.4 Å². The van der Waals surface area contributed by atoms with Gasteiger partial charge in [-0.3, -0.25) is 19.2 Å². The average molecular weight is 984 g/mol. The van der Waals surface area contributed by atoms with Crippen LogP contribution in [0, 0.1) is 22.7 Å². The minimum absolute atomic E-state index is 0.0332. The van der Waals surface area contributed by atoms with Crippen LogP contribution in [-0.4, -0.2) is 136 Å². The topological polar surface area (TPSA) is 260 Å². The number of benzene rings is 3. The van der Waals surface area contributed by atoms with Gasteiger partial charge in [-0.05, 0) is 54.8 Å². The van der Waals surface area contributed by atoms with E-state index >= 15 is 4.79 Å². The first-order chi connectivity index (χ1) is 33.6. The highest BCUT2D eigenvalue weighted by molar-refractivity contribution is 5.96. The number of ether oxygens (including phenoxy) is 7. The van der Waals surface area contributed by atoms with Crippen LogP contribution in [0.3, 0.4) is 0 Å². The van der Waals surface area contributed by atoms with Gasteiger partial charge in [0.15, 0.2) is 29.9 Å². The molecule has 2 bridgehead atoms. The molecule has 4 fully saturated rings. The third kappa shape index (κ3) is 8.97. The van der Waals surface area contributed by atoms with E-state index in [0.717, 1.165) is 13.8 Å². The minimum Gasteiger partial charge on any atom is -0.456 e. The predicted molar refractivity (Wildman–Crippen MR) is 247 cm³/mol. The summed E-state index contributed by atoms with van der Waals surface area (Å²) in [6, 6.07) is 22.8. The molecule has 0 aromatic heterocycles. The SMILES string of the molecule is CC(=O)O[C@H]1C(=O)[C@]2(C)[C@@H](O[C@@H]3OC[C@@H](O)[C@H](C)[C@H]3O)C[C@H]3OC[C@@]3(OC(C)=O)[C@H]2[C@H](OC(=O)c2ccccc2)[C@]2(O)C[C@H](OC(=O)[C@H](O)[C@@H](NC(=O)c3ccccc3)c3ccccc3)C(C)=C1C2(C)C. The number of aliphatic hydroxyl groups excluding tert-OH is 3. The summed E-state index contributed by atoms with van der Waals surface area (Å²) in [7, 11) is 0. The van der Waals surface area contributed by atoms with Gasteiger partial charge in [-0.25, -0.2) is 9.59 Å². The molecule has 0 unspecified atom stereocenters. The molecule has 15 atom stereocenters. The first-order valence-electron chi connectivity index (χ1n) is 23.7. The standard InChI is InChI=1S/C53H61NO17/c1-27-34(57)25-65-49(40(27)58)69-36-23-37-52(26-66-37,71-30(4)56)43-45(70-47(62)33-21-15-10-16-22-33)53(64)24-35(28(2)38(50(53,5)6)42(67-29(3)55)44(60)51(36,43)7)68-48(63)41(59)39(31-17-11-8-12-18-31)54-46(61)32-19-13-9-14-20-32/h8-22,27,34-37,39-43,45,49,57-59,64H,23-26H2,1-7H3,(H,54,61)/t27-,34+,35-,36-,37+,39-,40+,41+,42+,43-,45-,49-,51+,52-,53+/m0/s1. The van der Waals surface area contributed by atoms with Crippen molar-refractivity contribution in [3.63, 3.8) is 0 Å². The maximum Gasteiger partial charge on any atom is 0.338 e. The fourth-order valence-corrected chi connectivity index (χ4v) is 11.6. The fraction of sp³-hybridized carbons (Fsp3) is 0.509. The number of rotatable bonds is 12. The van der Waals surface area contributed by atoms with Crippen molar-refractivity contribution in [2.45, 2.75) is 134 Å². The van der Waals surface area contributed by atoms with E-state index < -0.39 is 137 Å². The van der Waals surface area contributed by atoms with Crippen molar-refractivity contribution in [3.8, 4) is 0 Å². The van der Waals surface area contributed by atoms with Gasteiger partial charge in [0.2, 0.25) is 0 Å². The number of aliphatic hydroxyl groups is 4. The highest BCUT2D eigenvalue weighted by Gasteiger charge is 2.79. The van der Waals surface area contributed by atoms with Crippen molar-refractivity contribution in [1.82, 2.24) is 5.32 Å². The summed E-state index contributed by atoms with van der Waals surface area (Å²) >= 11 is 0. The summed E-state index contributed by atoms with van der Waals surface area (Å²) in [5, 5.41) is 50.7. The number of amides is 1. The Kier molecular flexibility index (Phi) is 14.2. The van der Waals surface area contributed by atoms with Gasteiger partial charge in [0.25, 0.3) is 5.91 Å². The van der Waals surface area contributed by atoms with Gasteiger partial charge in [-0.2, -0.15) is 0 Å². The van der Waals surface area contributed by atoms with Crippen LogP contribution in [-0.2, 0) is 52.3 Å². The van der Waals surface area contributed by atoms with E-state index in [9.17, 15) is 44.4 Å².